The van der Waals surface area contributed by atoms with Gasteiger partial charge in [-0.15, -0.1) is 0 Å². The molecule has 0 spiro atoms. The summed E-state index contributed by atoms with van der Waals surface area (Å²) in [5, 5.41) is 9.33. The molecule has 1 amide bonds. The summed E-state index contributed by atoms with van der Waals surface area (Å²) in [5.74, 6) is 0.407. The lowest BCUT2D eigenvalue weighted by atomic mass is 10.2. The number of rotatable bonds is 8. The minimum Gasteiger partial charge on any atom is -0.385 e. The van der Waals surface area contributed by atoms with E-state index in [2.05, 4.69) is 29.8 Å². The number of methoxy groups -OCH3 is 1. The van der Waals surface area contributed by atoms with Gasteiger partial charge in [-0.2, -0.15) is 0 Å². The highest BCUT2D eigenvalue weighted by molar-refractivity contribution is 7.80. The lowest BCUT2D eigenvalue weighted by molar-refractivity contribution is -0.122. The topological polar surface area (TPSA) is 62.4 Å². The highest BCUT2D eigenvalue weighted by Gasteiger charge is 2.13. The zero-order valence-corrected chi connectivity index (χ0v) is 12.5. The van der Waals surface area contributed by atoms with Crippen LogP contribution in [0.4, 0.5) is 0 Å². The number of hydrogen-bond acceptors (Lipinski definition) is 3. The number of nitrogens with one attached hydrogen (secondary N) is 3. The molecule has 0 saturated carbocycles. The Morgan fingerprint density at radius 1 is 1.28 bits per heavy atom. The Balaban J connectivity index is 3.74. The summed E-state index contributed by atoms with van der Waals surface area (Å²) in [4.78, 5) is 11.7. The van der Waals surface area contributed by atoms with E-state index in [9.17, 15) is 4.79 Å². The van der Waals surface area contributed by atoms with Crippen LogP contribution in [0.5, 0.6) is 0 Å². The van der Waals surface area contributed by atoms with Crippen LogP contribution in [0.3, 0.4) is 0 Å². The van der Waals surface area contributed by atoms with Crippen molar-refractivity contribution in [2.24, 2.45) is 5.92 Å². The minimum absolute atomic E-state index is 0.0373. The van der Waals surface area contributed by atoms with Crippen molar-refractivity contribution in [3.05, 3.63) is 0 Å². The van der Waals surface area contributed by atoms with Crippen LogP contribution in [0.15, 0.2) is 0 Å². The van der Waals surface area contributed by atoms with Crippen LogP contribution in [0.1, 0.15) is 27.2 Å². The van der Waals surface area contributed by atoms with Crippen molar-refractivity contribution in [2.45, 2.75) is 33.2 Å². The van der Waals surface area contributed by atoms with Gasteiger partial charge in [-0.05, 0) is 31.5 Å². The average molecular weight is 275 g/mol. The lowest BCUT2D eigenvalue weighted by Crippen LogP contribution is -2.49. The molecule has 0 aromatic heterocycles. The number of thiocarbonyl (C=S) groups is 1. The Hall–Kier alpha value is -0.880. The van der Waals surface area contributed by atoms with E-state index in [0.29, 0.717) is 24.2 Å². The first-order valence-electron chi connectivity index (χ1n) is 6.28. The molecule has 5 nitrogen and oxygen atoms in total. The van der Waals surface area contributed by atoms with Crippen molar-refractivity contribution in [1.29, 1.82) is 0 Å². The number of ether oxygens (including phenoxy) is 1. The summed E-state index contributed by atoms with van der Waals surface area (Å²) >= 11 is 5.09. The monoisotopic (exact) mass is 275 g/mol. The smallest absolute Gasteiger partial charge is 0.242 e. The molecular formula is C12H25N3O2S. The van der Waals surface area contributed by atoms with Gasteiger partial charge in [-0.1, -0.05) is 13.8 Å². The molecule has 0 radical (unpaired) electrons. The summed E-state index contributed by atoms with van der Waals surface area (Å²) in [5.41, 5.74) is 0. The first-order chi connectivity index (χ1) is 8.47. The zero-order chi connectivity index (χ0) is 14.0. The van der Waals surface area contributed by atoms with Crippen molar-refractivity contribution in [3.8, 4) is 0 Å². The SMILES string of the molecule is COCCCNC(=S)NC(C)C(=O)NCC(C)C. The van der Waals surface area contributed by atoms with Crippen molar-refractivity contribution in [2.75, 3.05) is 26.8 Å². The molecule has 1 unspecified atom stereocenters. The van der Waals surface area contributed by atoms with E-state index in [1.165, 1.54) is 0 Å². The molecule has 0 aliphatic carbocycles. The summed E-state index contributed by atoms with van der Waals surface area (Å²) in [6.07, 6.45) is 0.881. The second kappa shape index (κ2) is 10.1. The molecule has 6 heteroatoms. The van der Waals surface area contributed by atoms with E-state index in [0.717, 1.165) is 13.0 Å². The largest absolute Gasteiger partial charge is 0.385 e. The molecule has 0 aromatic rings. The van der Waals surface area contributed by atoms with Crippen molar-refractivity contribution in [3.63, 3.8) is 0 Å². The van der Waals surface area contributed by atoms with Crippen molar-refractivity contribution in [1.82, 2.24) is 16.0 Å². The first-order valence-corrected chi connectivity index (χ1v) is 6.69. The van der Waals surface area contributed by atoms with Crippen LogP contribution in [0.25, 0.3) is 0 Å². The quantitative estimate of drug-likeness (QED) is 0.448. The third kappa shape index (κ3) is 9.18. The Morgan fingerprint density at radius 3 is 2.50 bits per heavy atom. The van der Waals surface area contributed by atoms with E-state index in [1.54, 1.807) is 14.0 Å². The van der Waals surface area contributed by atoms with Gasteiger partial charge in [0.2, 0.25) is 5.91 Å². The van der Waals surface area contributed by atoms with Gasteiger partial charge in [0.15, 0.2) is 5.11 Å². The molecule has 0 saturated heterocycles. The van der Waals surface area contributed by atoms with Gasteiger partial charge >= 0.3 is 0 Å². The maximum Gasteiger partial charge on any atom is 0.242 e. The maximum absolute atomic E-state index is 11.7. The third-order valence-corrected chi connectivity index (χ3v) is 2.50. The maximum atomic E-state index is 11.7. The molecule has 0 aromatic carbocycles. The van der Waals surface area contributed by atoms with E-state index in [-0.39, 0.29) is 11.9 Å². The molecule has 0 bridgehead atoms. The summed E-state index contributed by atoms with van der Waals surface area (Å²) in [6, 6.07) is -0.328. The Morgan fingerprint density at radius 2 is 1.94 bits per heavy atom. The van der Waals surface area contributed by atoms with Gasteiger partial charge in [-0.3, -0.25) is 4.79 Å². The molecule has 1 atom stereocenters. The fraction of sp³-hybridized carbons (Fsp3) is 0.833. The Bertz CT molecular complexity index is 260. The lowest BCUT2D eigenvalue weighted by Gasteiger charge is -2.17. The third-order valence-electron chi connectivity index (χ3n) is 2.24. The van der Waals surface area contributed by atoms with Gasteiger partial charge in [-0.25, -0.2) is 0 Å². The second-order valence-electron chi connectivity index (χ2n) is 4.61. The molecule has 18 heavy (non-hydrogen) atoms. The Labute approximate surface area is 115 Å². The normalized spacial score (nSPS) is 12.1. The van der Waals surface area contributed by atoms with Crippen molar-refractivity contribution >= 4 is 23.2 Å². The van der Waals surface area contributed by atoms with Gasteiger partial charge in [0.25, 0.3) is 0 Å². The first kappa shape index (κ1) is 17.1. The number of amides is 1. The van der Waals surface area contributed by atoms with Crippen LogP contribution >= 0.6 is 12.2 Å². The molecule has 0 aliphatic heterocycles. The predicted octanol–water partition coefficient (Wildman–Crippen LogP) is 0.648. The van der Waals surface area contributed by atoms with Crippen LogP contribution < -0.4 is 16.0 Å². The zero-order valence-electron chi connectivity index (χ0n) is 11.7. The minimum atomic E-state index is -0.328. The average Bonchev–Trinajstić information content (AvgIpc) is 2.31. The molecule has 106 valence electrons. The number of carbonyl (C=O) groups is 1. The van der Waals surface area contributed by atoms with Gasteiger partial charge in [0, 0.05) is 26.8 Å². The van der Waals surface area contributed by atoms with Crippen LogP contribution in [0, 0.1) is 5.92 Å². The summed E-state index contributed by atoms with van der Waals surface area (Å²) in [7, 11) is 1.66. The molecular weight excluding hydrogens is 250 g/mol. The molecule has 0 rings (SSSR count). The highest BCUT2D eigenvalue weighted by atomic mass is 32.1. The van der Waals surface area contributed by atoms with E-state index in [1.807, 2.05) is 0 Å². The highest BCUT2D eigenvalue weighted by Crippen LogP contribution is 1.89. The summed E-state index contributed by atoms with van der Waals surface area (Å²) in [6.45, 7) is 8.01. The number of carbonyl (C=O) groups excluding carboxylic acids is 1. The van der Waals surface area contributed by atoms with Crippen molar-refractivity contribution < 1.29 is 9.53 Å². The molecule has 0 aliphatic rings. The molecule has 0 fully saturated rings. The standard InChI is InChI=1S/C12H25N3O2S/c1-9(2)8-14-11(16)10(3)15-12(18)13-6-5-7-17-4/h9-10H,5-8H2,1-4H3,(H,14,16)(H2,13,15,18). The van der Waals surface area contributed by atoms with Crippen LogP contribution in [-0.4, -0.2) is 43.9 Å². The second-order valence-corrected chi connectivity index (χ2v) is 5.02. The van der Waals surface area contributed by atoms with Gasteiger partial charge < -0.3 is 20.7 Å². The van der Waals surface area contributed by atoms with Gasteiger partial charge in [0.1, 0.15) is 6.04 Å². The van der Waals surface area contributed by atoms with Crippen LogP contribution in [0.2, 0.25) is 0 Å². The van der Waals surface area contributed by atoms with E-state index < -0.39 is 0 Å². The van der Waals surface area contributed by atoms with Gasteiger partial charge in [0.05, 0.1) is 0 Å². The molecule has 3 N–H and O–H groups in total. The van der Waals surface area contributed by atoms with E-state index in [4.69, 9.17) is 17.0 Å². The fourth-order valence-corrected chi connectivity index (χ4v) is 1.47. The number of hydrogen-bond donors (Lipinski definition) is 3. The summed E-state index contributed by atoms with van der Waals surface area (Å²) < 4.78 is 4.93. The Kier molecular flexibility index (Phi) is 9.59. The van der Waals surface area contributed by atoms with E-state index >= 15 is 0 Å². The predicted molar refractivity (Wildman–Crippen MR) is 77.5 cm³/mol. The molecule has 0 heterocycles. The fourth-order valence-electron chi connectivity index (χ4n) is 1.19. The van der Waals surface area contributed by atoms with Crippen LogP contribution in [-0.2, 0) is 9.53 Å².